The van der Waals surface area contributed by atoms with E-state index in [1.165, 1.54) is 0 Å². The van der Waals surface area contributed by atoms with E-state index in [4.69, 9.17) is 10.8 Å². The van der Waals surface area contributed by atoms with Gasteiger partial charge in [-0.2, -0.15) is 0 Å². The Labute approximate surface area is 97.2 Å². The molecule has 0 aliphatic heterocycles. The predicted octanol–water partition coefficient (Wildman–Crippen LogP) is 2.39. The van der Waals surface area contributed by atoms with E-state index in [1.807, 2.05) is 0 Å². The highest BCUT2D eigenvalue weighted by atomic mass is 19.2. The second-order valence-electron chi connectivity index (χ2n) is 4.49. The molecule has 0 atom stereocenters. The lowest BCUT2D eigenvalue weighted by atomic mass is 9.88. The fraction of sp³-hybridized carbons (Fsp3) is 0.417. The van der Waals surface area contributed by atoms with Crippen LogP contribution in [0.5, 0.6) is 0 Å². The van der Waals surface area contributed by atoms with Gasteiger partial charge in [-0.25, -0.2) is 13.6 Å². The summed E-state index contributed by atoms with van der Waals surface area (Å²) in [4.78, 5) is 10.8. The number of rotatable bonds is 2. The molecule has 0 unspecified atom stereocenters. The van der Waals surface area contributed by atoms with Gasteiger partial charge < -0.3 is 10.8 Å². The summed E-state index contributed by atoms with van der Waals surface area (Å²) in [7, 11) is 0. The Morgan fingerprint density at radius 3 is 2.41 bits per heavy atom. The molecule has 2 rings (SSSR count). The lowest BCUT2D eigenvalue weighted by molar-refractivity contribution is 0.0690. The molecule has 0 spiro atoms. The van der Waals surface area contributed by atoms with Gasteiger partial charge in [0.2, 0.25) is 0 Å². The summed E-state index contributed by atoms with van der Waals surface area (Å²) in [6.07, 6.45) is 3.16. The normalized spacial score (nSPS) is 18.3. The zero-order valence-electron chi connectivity index (χ0n) is 9.17. The number of nitrogens with two attached hydrogens (primary N) is 1. The van der Waals surface area contributed by atoms with Crippen molar-refractivity contribution >= 4 is 5.97 Å². The molecule has 1 aliphatic carbocycles. The van der Waals surface area contributed by atoms with Gasteiger partial charge >= 0.3 is 5.97 Å². The molecule has 0 heterocycles. The highest BCUT2D eigenvalue weighted by molar-refractivity contribution is 5.88. The average molecular weight is 241 g/mol. The van der Waals surface area contributed by atoms with Crippen molar-refractivity contribution in [3.8, 4) is 0 Å². The Morgan fingerprint density at radius 2 is 1.88 bits per heavy atom. The number of benzene rings is 1. The minimum Gasteiger partial charge on any atom is -0.478 e. The lowest BCUT2D eigenvalue weighted by Crippen LogP contribution is -2.33. The molecule has 0 radical (unpaired) electrons. The fourth-order valence-corrected chi connectivity index (χ4v) is 2.33. The second-order valence-corrected chi connectivity index (χ2v) is 4.49. The van der Waals surface area contributed by atoms with Crippen molar-refractivity contribution in [3.05, 3.63) is 34.9 Å². The molecule has 0 amide bonds. The Hall–Kier alpha value is -1.49. The van der Waals surface area contributed by atoms with E-state index in [-0.39, 0.29) is 0 Å². The summed E-state index contributed by atoms with van der Waals surface area (Å²) in [6, 6.07) is 2.15. The molecule has 92 valence electrons. The molecular weight excluding hydrogens is 228 g/mol. The van der Waals surface area contributed by atoms with Crippen LogP contribution >= 0.6 is 0 Å². The zero-order chi connectivity index (χ0) is 12.6. The first-order chi connectivity index (χ1) is 7.94. The van der Waals surface area contributed by atoms with Crippen LogP contribution < -0.4 is 5.73 Å². The van der Waals surface area contributed by atoms with Crippen LogP contribution in [0.15, 0.2) is 12.1 Å². The predicted molar refractivity (Wildman–Crippen MR) is 57.7 cm³/mol. The first-order valence-corrected chi connectivity index (χ1v) is 5.46. The smallest absolute Gasteiger partial charge is 0.338 e. The topological polar surface area (TPSA) is 63.3 Å². The standard InChI is InChI=1S/C12H13F2NO2/c13-9-6-7(12(15)3-1-2-4-12)5-8(10(9)14)11(16)17/h5-6H,1-4,15H2,(H,16,17). The van der Waals surface area contributed by atoms with Crippen molar-refractivity contribution in [2.45, 2.75) is 31.2 Å². The highest BCUT2D eigenvalue weighted by Crippen LogP contribution is 2.37. The van der Waals surface area contributed by atoms with Gasteiger partial charge in [-0.1, -0.05) is 12.8 Å². The van der Waals surface area contributed by atoms with E-state index in [1.54, 1.807) is 0 Å². The van der Waals surface area contributed by atoms with E-state index in [0.29, 0.717) is 18.4 Å². The molecule has 5 heteroatoms. The van der Waals surface area contributed by atoms with Crippen LogP contribution in [0, 0.1) is 11.6 Å². The number of carbonyl (C=O) groups is 1. The van der Waals surface area contributed by atoms with E-state index in [9.17, 15) is 13.6 Å². The van der Waals surface area contributed by atoms with Gasteiger partial charge in [-0.15, -0.1) is 0 Å². The Morgan fingerprint density at radius 1 is 1.29 bits per heavy atom. The molecule has 0 aromatic heterocycles. The van der Waals surface area contributed by atoms with Crippen molar-refractivity contribution < 1.29 is 18.7 Å². The number of aromatic carboxylic acids is 1. The number of hydrogen-bond donors (Lipinski definition) is 2. The number of carboxylic acids is 1. The molecule has 3 nitrogen and oxygen atoms in total. The van der Waals surface area contributed by atoms with Crippen LogP contribution in [0.3, 0.4) is 0 Å². The van der Waals surface area contributed by atoms with E-state index >= 15 is 0 Å². The number of halogens is 2. The molecule has 1 saturated carbocycles. The summed E-state index contributed by atoms with van der Waals surface area (Å²) < 4.78 is 26.6. The Kier molecular flexibility index (Phi) is 2.87. The summed E-state index contributed by atoms with van der Waals surface area (Å²) in [6.45, 7) is 0. The Balaban J connectivity index is 2.52. The lowest BCUT2D eigenvalue weighted by Gasteiger charge is -2.24. The first-order valence-electron chi connectivity index (χ1n) is 5.46. The average Bonchev–Trinajstić information content (AvgIpc) is 2.69. The molecule has 3 N–H and O–H groups in total. The number of hydrogen-bond acceptors (Lipinski definition) is 2. The van der Waals surface area contributed by atoms with Crippen LogP contribution in [0.25, 0.3) is 0 Å². The molecule has 0 bridgehead atoms. The zero-order valence-corrected chi connectivity index (χ0v) is 9.17. The third kappa shape index (κ3) is 2.02. The molecule has 17 heavy (non-hydrogen) atoms. The van der Waals surface area contributed by atoms with Crippen molar-refractivity contribution in [1.82, 2.24) is 0 Å². The van der Waals surface area contributed by atoms with E-state index in [0.717, 1.165) is 25.0 Å². The molecular formula is C12H13F2NO2. The third-order valence-corrected chi connectivity index (χ3v) is 3.33. The van der Waals surface area contributed by atoms with E-state index in [2.05, 4.69) is 0 Å². The maximum absolute atomic E-state index is 13.3. The first kappa shape index (κ1) is 12.0. The van der Waals surface area contributed by atoms with Gasteiger partial charge in [0, 0.05) is 5.54 Å². The SMILES string of the molecule is NC1(c2cc(F)c(F)c(C(=O)O)c2)CCCC1. The maximum Gasteiger partial charge on any atom is 0.338 e. The van der Waals surface area contributed by atoms with Crippen molar-refractivity contribution in [2.75, 3.05) is 0 Å². The van der Waals surface area contributed by atoms with Crippen LogP contribution in [-0.2, 0) is 5.54 Å². The van der Waals surface area contributed by atoms with Gasteiger partial charge in [-0.05, 0) is 30.5 Å². The van der Waals surface area contributed by atoms with Gasteiger partial charge in [0.1, 0.15) is 0 Å². The Bertz CT molecular complexity index is 468. The number of carboxylic acid groups (broad SMARTS) is 1. The largest absolute Gasteiger partial charge is 0.478 e. The van der Waals surface area contributed by atoms with E-state index < -0.39 is 28.7 Å². The molecule has 0 saturated heterocycles. The second kappa shape index (κ2) is 4.07. The summed E-state index contributed by atoms with van der Waals surface area (Å²) >= 11 is 0. The van der Waals surface area contributed by atoms with Crippen LogP contribution in [0.4, 0.5) is 8.78 Å². The molecule has 1 fully saturated rings. The van der Waals surface area contributed by atoms with Crippen LogP contribution in [0.1, 0.15) is 41.6 Å². The van der Waals surface area contributed by atoms with Gasteiger partial charge in [-0.3, -0.25) is 0 Å². The van der Waals surface area contributed by atoms with Crippen molar-refractivity contribution in [1.29, 1.82) is 0 Å². The molecule has 1 aromatic carbocycles. The van der Waals surface area contributed by atoms with Crippen LogP contribution in [0.2, 0.25) is 0 Å². The van der Waals surface area contributed by atoms with Gasteiger partial charge in [0.25, 0.3) is 0 Å². The quantitative estimate of drug-likeness (QED) is 0.835. The fourth-order valence-electron chi connectivity index (χ4n) is 2.33. The monoisotopic (exact) mass is 241 g/mol. The van der Waals surface area contributed by atoms with Crippen LogP contribution in [-0.4, -0.2) is 11.1 Å². The molecule has 1 aliphatic rings. The minimum atomic E-state index is -1.48. The van der Waals surface area contributed by atoms with Gasteiger partial charge in [0.05, 0.1) is 5.56 Å². The van der Waals surface area contributed by atoms with Gasteiger partial charge in [0.15, 0.2) is 11.6 Å². The minimum absolute atomic E-state index is 0.367. The summed E-state index contributed by atoms with van der Waals surface area (Å²) in [5.74, 6) is -3.97. The van der Waals surface area contributed by atoms with Crippen molar-refractivity contribution in [3.63, 3.8) is 0 Å². The van der Waals surface area contributed by atoms with Crippen molar-refractivity contribution in [2.24, 2.45) is 5.73 Å². The summed E-state index contributed by atoms with van der Waals surface area (Å²) in [5, 5.41) is 8.79. The highest BCUT2D eigenvalue weighted by Gasteiger charge is 2.33. The summed E-state index contributed by atoms with van der Waals surface area (Å²) in [5.41, 5.74) is 5.07. The maximum atomic E-state index is 13.3. The molecule has 1 aromatic rings. The third-order valence-electron chi connectivity index (χ3n) is 3.33.